The highest BCUT2D eigenvalue weighted by Gasteiger charge is 2.20. The Labute approximate surface area is 164 Å². The van der Waals surface area contributed by atoms with E-state index in [9.17, 15) is 14.7 Å². The van der Waals surface area contributed by atoms with E-state index in [1.54, 1.807) is 24.5 Å². The number of carboxylic acid groups (broad SMARTS) is 1. The minimum atomic E-state index is -0.925. The first-order chi connectivity index (χ1) is 12.9. The number of carbonyl (C=O) groups is 2. The van der Waals surface area contributed by atoms with Gasteiger partial charge in [0, 0.05) is 22.7 Å². The van der Waals surface area contributed by atoms with Gasteiger partial charge in [0.2, 0.25) is 5.91 Å². The van der Waals surface area contributed by atoms with Crippen LogP contribution in [0.4, 0.5) is 0 Å². The molecule has 2 N–H and O–H groups in total. The summed E-state index contributed by atoms with van der Waals surface area (Å²) in [6, 6.07) is 9.52. The summed E-state index contributed by atoms with van der Waals surface area (Å²) < 4.78 is 5.28. The van der Waals surface area contributed by atoms with Crippen molar-refractivity contribution in [3.8, 4) is 5.75 Å². The summed E-state index contributed by atoms with van der Waals surface area (Å²) >= 11 is 1.77. The number of amides is 1. The van der Waals surface area contributed by atoms with Gasteiger partial charge in [-0.05, 0) is 56.4 Å². The highest BCUT2D eigenvalue weighted by Crippen LogP contribution is 2.22. The van der Waals surface area contributed by atoms with Crippen LogP contribution in [-0.4, -0.2) is 30.6 Å². The Bertz CT molecular complexity index is 784. The molecule has 2 rings (SSSR count). The second kappa shape index (κ2) is 10.1. The number of aryl methyl sites for hydroxylation is 3. The first kappa shape index (κ1) is 21.0. The molecular weight excluding hydrogens is 362 g/mol. The van der Waals surface area contributed by atoms with E-state index in [0.29, 0.717) is 18.6 Å². The number of benzene rings is 1. The van der Waals surface area contributed by atoms with Crippen LogP contribution < -0.4 is 10.1 Å². The third-order valence-electron chi connectivity index (χ3n) is 4.55. The molecule has 27 heavy (non-hydrogen) atoms. The maximum Gasteiger partial charge on any atom is 0.308 e. The number of thiophene rings is 1. The zero-order valence-corrected chi connectivity index (χ0v) is 16.9. The van der Waals surface area contributed by atoms with Gasteiger partial charge in [0.25, 0.3) is 0 Å². The van der Waals surface area contributed by atoms with Crippen LogP contribution in [0.3, 0.4) is 0 Å². The lowest BCUT2D eigenvalue weighted by Crippen LogP contribution is -2.34. The third-order valence-corrected chi connectivity index (χ3v) is 5.56. The fraction of sp³-hybridized carbons (Fsp3) is 0.429. The van der Waals surface area contributed by atoms with Crippen molar-refractivity contribution in [2.24, 2.45) is 5.92 Å². The molecule has 2 aromatic rings. The second-order valence-corrected chi connectivity index (χ2v) is 8.11. The molecule has 1 aromatic carbocycles. The Hall–Kier alpha value is -2.34. The van der Waals surface area contributed by atoms with E-state index in [1.807, 2.05) is 18.2 Å². The fourth-order valence-electron chi connectivity index (χ4n) is 3.08. The number of aliphatic carboxylic acids is 1. The molecule has 1 amide bonds. The standard InChI is InChI=1S/C21H27NO4S/c1-14-11-16(15(2)27-14)8-6-10-20(23)22-13-18(21(24)25)12-17-7-4-5-9-19(17)26-3/h4-5,7,9,11,18H,6,8,10,12-13H2,1-3H3,(H,22,23)(H,24,25). The normalized spacial score (nSPS) is 11.8. The minimum absolute atomic E-state index is 0.106. The molecule has 0 radical (unpaired) electrons. The predicted molar refractivity (Wildman–Crippen MR) is 108 cm³/mol. The van der Waals surface area contributed by atoms with Crippen LogP contribution in [-0.2, 0) is 22.4 Å². The molecule has 5 nitrogen and oxygen atoms in total. The number of ether oxygens (including phenoxy) is 1. The Balaban J connectivity index is 1.81. The van der Waals surface area contributed by atoms with Gasteiger partial charge in [-0.2, -0.15) is 0 Å². The molecule has 1 unspecified atom stereocenters. The van der Waals surface area contributed by atoms with Gasteiger partial charge < -0.3 is 15.2 Å². The van der Waals surface area contributed by atoms with E-state index in [-0.39, 0.29) is 12.5 Å². The van der Waals surface area contributed by atoms with Crippen LogP contribution in [0.15, 0.2) is 30.3 Å². The van der Waals surface area contributed by atoms with Crippen LogP contribution in [0.25, 0.3) is 0 Å². The summed E-state index contributed by atoms with van der Waals surface area (Å²) in [6.45, 7) is 4.30. The monoisotopic (exact) mass is 389 g/mol. The van der Waals surface area contributed by atoms with Gasteiger partial charge >= 0.3 is 5.97 Å². The van der Waals surface area contributed by atoms with Gasteiger partial charge in [0.05, 0.1) is 13.0 Å². The molecule has 0 saturated carbocycles. The van der Waals surface area contributed by atoms with E-state index in [1.165, 1.54) is 15.3 Å². The van der Waals surface area contributed by atoms with Crippen LogP contribution in [0.2, 0.25) is 0 Å². The minimum Gasteiger partial charge on any atom is -0.496 e. The number of carbonyl (C=O) groups excluding carboxylic acids is 1. The molecule has 0 aliphatic heterocycles. The zero-order valence-electron chi connectivity index (χ0n) is 16.1. The molecule has 0 aliphatic rings. The maximum absolute atomic E-state index is 12.1. The Morgan fingerprint density at radius 1 is 1.22 bits per heavy atom. The number of methoxy groups -OCH3 is 1. The van der Waals surface area contributed by atoms with Crippen LogP contribution in [0.1, 0.15) is 33.7 Å². The molecule has 1 aromatic heterocycles. The molecule has 0 fully saturated rings. The average molecular weight is 390 g/mol. The second-order valence-electron chi connectivity index (χ2n) is 6.65. The molecule has 146 valence electrons. The highest BCUT2D eigenvalue weighted by molar-refractivity contribution is 7.12. The number of hydrogen-bond acceptors (Lipinski definition) is 4. The fourth-order valence-corrected chi connectivity index (χ4v) is 4.06. The number of para-hydroxylation sites is 1. The number of rotatable bonds is 10. The van der Waals surface area contributed by atoms with Crippen molar-refractivity contribution in [3.63, 3.8) is 0 Å². The van der Waals surface area contributed by atoms with Crippen LogP contribution in [0, 0.1) is 19.8 Å². The number of carboxylic acids is 1. The van der Waals surface area contributed by atoms with Gasteiger partial charge in [-0.15, -0.1) is 11.3 Å². The van der Waals surface area contributed by atoms with Gasteiger partial charge in [0.15, 0.2) is 0 Å². The molecular formula is C21H27NO4S. The van der Waals surface area contributed by atoms with Crippen LogP contribution in [0.5, 0.6) is 5.75 Å². The van der Waals surface area contributed by atoms with Crippen molar-refractivity contribution in [1.82, 2.24) is 5.32 Å². The lowest BCUT2D eigenvalue weighted by molar-refractivity contribution is -0.141. The summed E-state index contributed by atoms with van der Waals surface area (Å²) in [4.78, 5) is 26.3. The van der Waals surface area contributed by atoms with Gasteiger partial charge in [-0.25, -0.2) is 0 Å². The summed E-state index contributed by atoms with van der Waals surface area (Å²) in [5.41, 5.74) is 2.12. The molecule has 0 spiro atoms. The van der Waals surface area contributed by atoms with E-state index in [4.69, 9.17) is 4.74 Å². The van der Waals surface area contributed by atoms with Gasteiger partial charge in [0.1, 0.15) is 5.75 Å². The summed E-state index contributed by atoms with van der Waals surface area (Å²) in [5, 5.41) is 12.2. The quantitative estimate of drug-likeness (QED) is 0.649. The smallest absolute Gasteiger partial charge is 0.308 e. The Morgan fingerprint density at radius 3 is 2.59 bits per heavy atom. The SMILES string of the molecule is COc1ccccc1CC(CNC(=O)CCCc1cc(C)sc1C)C(=O)O. The summed E-state index contributed by atoms with van der Waals surface area (Å²) in [5.74, 6) is -1.06. The first-order valence-corrected chi connectivity index (χ1v) is 9.89. The van der Waals surface area contributed by atoms with Crippen molar-refractivity contribution >= 4 is 23.2 Å². The lowest BCUT2D eigenvalue weighted by atomic mass is 9.98. The topological polar surface area (TPSA) is 75.6 Å². The molecule has 0 saturated heterocycles. The van der Waals surface area contributed by atoms with E-state index in [0.717, 1.165) is 18.4 Å². The van der Waals surface area contributed by atoms with Crippen molar-refractivity contribution < 1.29 is 19.4 Å². The van der Waals surface area contributed by atoms with E-state index < -0.39 is 11.9 Å². The molecule has 6 heteroatoms. The maximum atomic E-state index is 12.1. The van der Waals surface area contributed by atoms with Crippen molar-refractivity contribution in [3.05, 3.63) is 51.2 Å². The first-order valence-electron chi connectivity index (χ1n) is 9.08. The van der Waals surface area contributed by atoms with Gasteiger partial charge in [-0.3, -0.25) is 9.59 Å². The van der Waals surface area contributed by atoms with Crippen molar-refractivity contribution in [2.75, 3.05) is 13.7 Å². The number of nitrogens with one attached hydrogen (secondary N) is 1. The van der Waals surface area contributed by atoms with Crippen LogP contribution >= 0.6 is 11.3 Å². The molecule has 1 heterocycles. The highest BCUT2D eigenvalue weighted by atomic mass is 32.1. The summed E-state index contributed by atoms with van der Waals surface area (Å²) in [7, 11) is 1.56. The molecule has 1 atom stereocenters. The average Bonchev–Trinajstić information content (AvgIpc) is 2.96. The predicted octanol–water partition coefficient (Wildman–Crippen LogP) is 3.76. The summed E-state index contributed by atoms with van der Waals surface area (Å²) in [6.07, 6.45) is 2.34. The Kier molecular flexibility index (Phi) is 7.85. The van der Waals surface area contributed by atoms with Crippen molar-refractivity contribution in [2.45, 2.75) is 39.5 Å². The molecule has 0 aliphatic carbocycles. The van der Waals surface area contributed by atoms with Crippen molar-refractivity contribution in [1.29, 1.82) is 0 Å². The van der Waals surface area contributed by atoms with E-state index in [2.05, 4.69) is 25.2 Å². The largest absolute Gasteiger partial charge is 0.496 e. The Morgan fingerprint density at radius 2 is 1.96 bits per heavy atom. The van der Waals surface area contributed by atoms with Gasteiger partial charge in [-0.1, -0.05) is 18.2 Å². The zero-order chi connectivity index (χ0) is 19.8. The van der Waals surface area contributed by atoms with E-state index >= 15 is 0 Å². The number of hydrogen-bond donors (Lipinski definition) is 2. The molecule has 0 bridgehead atoms. The lowest BCUT2D eigenvalue weighted by Gasteiger charge is -2.15. The third kappa shape index (κ3) is 6.40.